The number of hydrogen-bond donors (Lipinski definition) is 1. The monoisotopic (exact) mass is 240 g/mol. The molecule has 1 aromatic heterocycles. The van der Waals surface area contributed by atoms with E-state index in [-0.39, 0.29) is 17.9 Å². The number of nitrogens with zero attached hydrogens (tertiary/aromatic N) is 1. The van der Waals surface area contributed by atoms with Crippen LogP contribution in [0.4, 0.5) is 5.82 Å². The summed E-state index contributed by atoms with van der Waals surface area (Å²) in [5, 5.41) is 3.18. The van der Waals surface area contributed by atoms with Crippen LogP contribution in [0.5, 0.6) is 0 Å². The van der Waals surface area contributed by atoms with Crippen molar-refractivity contribution in [2.75, 3.05) is 12.4 Å². The van der Waals surface area contributed by atoms with Crippen molar-refractivity contribution in [3.05, 3.63) is 23.4 Å². The van der Waals surface area contributed by atoms with Crippen molar-refractivity contribution in [3.63, 3.8) is 0 Å². The maximum atomic E-state index is 11.7. The van der Waals surface area contributed by atoms with Gasteiger partial charge >= 0.3 is 0 Å². The molecule has 0 aromatic carbocycles. The Bertz CT molecular complexity index is 391. The molecule has 0 bridgehead atoms. The Morgan fingerprint density at radius 3 is 3.00 bits per heavy atom. The number of methoxy groups -OCH3 is 1. The number of ether oxygens (including phenoxy) is 1. The molecule has 16 heavy (non-hydrogen) atoms. The predicted molar refractivity (Wildman–Crippen MR) is 61.4 cm³/mol. The van der Waals surface area contributed by atoms with E-state index in [1.807, 2.05) is 0 Å². The quantitative estimate of drug-likeness (QED) is 0.880. The van der Waals surface area contributed by atoms with Crippen molar-refractivity contribution < 1.29 is 9.53 Å². The van der Waals surface area contributed by atoms with Gasteiger partial charge in [0, 0.05) is 19.2 Å². The van der Waals surface area contributed by atoms with E-state index in [1.54, 1.807) is 25.4 Å². The highest BCUT2D eigenvalue weighted by Crippen LogP contribution is 2.31. The Morgan fingerprint density at radius 1 is 1.62 bits per heavy atom. The summed E-state index contributed by atoms with van der Waals surface area (Å²) < 4.78 is 5.12. The van der Waals surface area contributed by atoms with Crippen LogP contribution < -0.4 is 5.32 Å². The first-order valence-corrected chi connectivity index (χ1v) is 5.52. The van der Waals surface area contributed by atoms with Gasteiger partial charge in [-0.05, 0) is 25.0 Å². The number of aromatic nitrogens is 1. The molecule has 5 heteroatoms. The summed E-state index contributed by atoms with van der Waals surface area (Å²) in [6.07, 6.45) is 3.36. The highest BCUT2D eigenvalue weighted by Gasteiger charge is 2.34. The van der Waals surface area contributed by atoms with Crippen molar-refractivity contribution in [1.29, 1.82) is 0 Å². The van der Waals surface area contributed by atoms with Crippen LogP contribution in [0.3, 0.4) is 0 Å². The van der Waals surface area contributed by atoms with Gasteiger partial charge in [-0.1, -0.05) is 11.6 Å². The maximum absolute atomic E-state index is 11.7. The molecule has 0 radical (unpaired) electrons. The van der Waals surface area contributed by atoms with Crippen LogP contribution in [0.15, 0.2) is 18.3 Å². The molecule has 1 aliphatic carbocycles. The maximum Gasteiger partial charge on any atom is 0.228 e. The fourth-order valence-electron chi connectivity index (χ4n) is 1.67. The molecule has 1 amide bonds. The fraction of sp³-hybridized carbons (Fsp3) is 0.455. The van der Waals surface area contributed by atoms with Gasteiger partial charge < -0.3 is 10.1 Å². The Hall–Kier alpha value is -1.13. The Kier molecular flexibility index (Phi) is 3.41. The summed E-state index contributed by atoms with van der Waals surface area (Å²) in [6.45, 7) is 0. The second kappa shape index (κ2) is 4.80. The third-order valence-corrected chi connectivity index (χ3v) is 3.10. The fourth-order valence-corrected chi connectivity index (χ4v) is 1.84. The van der Waals surface area contributed by atoms with E-state index in [1.165, 1.54) is 0 Å². The minimum absolute atomic E-state index is 0.0167. The largest absolute Gasteiger partial charge is 0.381 e. The zero-order chi connectivity index (χ0) is 11.5. The van der Waals surface area contributed by atoms with E-state index in [0.29, 0.717) is 10.8 Å². The van der Waals surface area contributed by atoms with E-state index in [0.717, 1.165) is 12.8 Å². The number of pyridine rings is 1. The van der Waals surface area contributed by atoms with Gasteiger partial charge in [-0.15, -0.1) is 0 Å². The molecule has 0 saturated heterocycles. The van der Waals surface area contributed by atoms with E-state index >= 15 is 0 Å². The van der Waals surface area contributed by atoms with Crippen molar-refractivity contribution in [3.8, 4) is 0 Å². The third-order valence-electron chi connectivity index (χ3n) is 2.80. The van der Waals surface area contributed by atoms with Crippen LogP contribution in [-0.2, 0) is 9.53 Å². The number of anilines is 1. The van der Waals surface area contributed by atoms with E-state index < -0.39 is 0 Å². The molecule has 0 atom stereocenters. The SMILES string of the molecule is COC1CC(C(=O)Nc2ncccc2Cl)C1. The molecule has 1 N–H and O–H groups in total. The molecule has 86 valence electrons. The molecular weight excluding hydrogens is 228 g/mol. The summed E-state index contributed by atoms with van der Waals surface area (Å²) in [5.41, 5.74) is 0. The van der Waals surface area contributed by atoms with E-state index in [2.05, 4.69) is 10.3 Å². The number of amides is 1. The molecule has 0 unspecified atom stereocenters. The first-order valence-electron chi connectivity index (χ1n) is 5.15. The van der Waals surface area contributed by atoms with Gasteiger partial charge in [-0.25, -0.2) is 4.98 Å². The minimum atomic E-state index is -0.0334. The third kappa shape index (κ3) is 2.33. The number of hydrogen-bond acceptors (Lipinski definition) is 3. The highest BCUT2D eigenvalue weighted by atomic mass is 35.5. The molecule has 0 aliphatic heterocycles. The summed E-state index contributed by atoms with van der Waals surface area (Å²) >= 11 is 5.89. The lowest BCUT2D eigenvalue weighted by Crippen LogP contribution is -2.38. The standard InChI is InChI=1S/C11H13ClN2O2/c1-16-8-5-7(6-8)11(15)14-10-9(12)3-2-4-13-10/h2-4,7-8H,5-6H2,1H3,(H,13,14,15). The minimum Gasteiger partial charge on any atom is -0.381 e. The second-order valence-corrected chi connectivity index (χ2v) is 4.26. The molecule has 0 spiro atoms. The lowest BCUT2D eigenvalue weighted by atomic mass is 9.81. The van der Waals surface area contributed by atoms with Crippen LogP contribution in [0.1, 0.15) is 12.8 Å². The first kappa shape index (κ1) is 11.4. The zero-order valence-electron chi connectivity index (χ0n) is 8.94. The molecule has 1 heterocycles. The molecule has 1 saturated carbocycles. The summed E-state index contributed by atoms with van der Waals surface area (Å²) in [5.74, 6) is 0.409. The van der Waals surface area contributed by atoms with Crippen LogP contribution >= 0.6 is 11.6 Å². The zero-order valence-corrected chi connectivity index (χ0v) is 9.70. The number of carbonyl (C=O) groups excluding carboxylic acids is 1. The van der Waals surface area contributed by atoms with Crippen LogP contribution in [0.2, 0.25) is 5.02 Å². The van der Waals surface area contributed by atoms with Crippen LogP contribution in [0, 0.1) is 5.92 Å². The summed E-state index contributed by atoms with van der Waals surface area (Å²) in [4.78, 5) is 15.7. The smallest absolute Gasteiger partial charge is 0.228 e. The normalized spacial score (nSPS) is 23.6. The van der Waals surface area contributed by atoms with Crippen LogP contribution in [-0.4, -0.2) is 24.1 Å². The predicted octanol–water partition coefficient (Wildman–Crippen LogP) is 2.10. The van der Waals surface area contributed by atoms with Crippen molar-refractivity contribution in [2.45, 2.75) is 18.9 Å². The van der Waals surface area contributed by atoms with Gasteiger partial charge in [0.15, 0.2) is 5.82 Å². The number of nitrogens with one attached hydrogen (secondary N) is 1. The Labute approximate surface area is 99.0 Å². The Morgan fingerprint density at radius 2 is 2.38 bits per heavy atom. The molecule has 1 aliphatic rings. The lowest BCUT2D eigenvalue weighted by molar-refractivity contribution is -0.127. The van der Waals surface area contributed by atoms with Gasteiger partial charge in [0.1, 0.15) is 0 Å². The number of rotatable bonds is 3. The Balaban J connectivity index is 1.91. The van der Waals surface area contributed by atoms with Gasteiger partial charge in [0.05, 0.1) is 11.1 Å². The van der Waals surface area contributed by atoms with Gasteiger partial charge in [-0.2, -0.15) is 0 Å². The molecule has 1 aromatic rings. The van der Waals surface area contributed by atoms with E-state index in [9.17, 15) is 4.79 Å². The van der Waals surface area contributed by atoms with Gasteiger partial charge in [0.2, 0.25) is 5.91 Å². The molecule has 2 rings (SSSR count). The summed E-state index contributed by atoms with van der Waals surface area (Å²) in [6, 6.07) is 3.42. The average molecular weight is 241 g/mol. The average Bonchev–Trinajstić information content (AvgIpc) is 2.20. The topological polar surface area (TPSA) is 51.2 Å². The van der Waals surface area contributed by atoms with Gasteiger partial charge in [0.25, 0.3) is 0 Å². The first-order chi connectivity index (χ1) is 7.70. The second-order valence-electron chi connectivity index (χ2n) is 3.85. The van der Waals surface area contributed by atoms with Gasteiger partial charge in [-0.3, -0.25) is 4.79 Å². The van der Waals surface area contributed by atoms with Crippen molar-refractivity contribution >= 4 is 23.3 Å². The molecule has 4 nitrogen and oxygen atoms in total. The number of carbonyl (C=O) groups is 1. The molecular formula is C11H13ClN2O2. The van der Waals surface area contributed by atoms with Crippen molar-refractivity contribution in [2.24, 2.45) is 5.92 Å². The summed E-state index contributed by atoms with van der Waals surface area (Å²) in [7, 11) is 1.66. The van der Waals surface area contributed by atoms with Crippen LogP contribution in [0.25, 0.3) is 0 Å². The lowest BCUT2D eigenvalue weighted by Gasteiger charge is -2.32. The van der Waals surface area contributed by atoms with Crippen molar-refractivity contribution in [1.82, 2.24) is 4.98 Å². The highest BCUT2D eigenvalue weighted by molar-refractivity contribution is 6.33. The number of halogens is 1. The van der Waals surface area contributed by atoms with E-state index in [4.69, 9.17) is 16.3 Å². The molecule has 1 fully saturated rings.